The van der Waals surface area contributed by atoms with Crippen molar-refractivity contribution in [3.8, 4) is 0 Å². The van der Waals surface area contributed by atoms with Crippen molar-refractivity contribution in [1.29, 1.82) is 0 Å². The summed E-state index contributed by atoms with van der Waals surface area (Å²) in [5, 5.41) is 2.99. The van der Waals surface area contributed by atoms with Crippen LogP contribution in [0.5, 0.6) is 0 Å². The molecule has 0 rings (SSSR count). The Morgan fingerprint density at radius 1 is 1.35 bits per heavy atom. The third-order valence-electron chi connectivity index (χ3n) is 1.99. The maximum Gasteiger partial charge on any atom is 0.322 e. The zero-order chi connectivity index (χ0) is 13.1. The van der Waals surface area contributed by atoms with E-state index in [0.29, 0.717) is 32.6 Å². The van der Waals surface area contributed by atoms with Gasteiger partial charge in [-0.3, -0.25) is 9.59 Å². The smallest absolute Gasteiger partial charge is 0.322 e. The third kappa shape index (κ3) is 9.34. The molecule has 0 amide bonds. The van der Waals surface area contributed by atoms with Crippen LogP contribution in [0.15, 0.2) is 0 Å². The lowest BCUT2D eigenvalue weighted by Gasteiger charge is -2.12. The van der Waals surface area contributed by atoms with Gasteiger partial charge in [0.2, 0.25) is 0 Å². The summed E-state index contributed by atoms with van der Waals surface area (Å²) in [5.74, 6) is -0.452. The van der Waals surface area contributed by atoms with Crippen LogP contribution in [0, 0.1) is 0 Å². The average Bonchev–Trinajstić information content (AvgIpc) is 2.32. The van der Waals surface area contributed by atoms with Gasteiger partial charge in [0, 0.05) is 10.8 Å². The van der Waals surface area contributed by atoms with E-state index in [1.807, 2.05) is 0 Å². The monoisotopic (exact) mass is 357 g/mol. The Balaban J connectivity index is 3.50. The highest BCUT2D eigenvalue weighted by atomic mass is 127. The Bertz CT molecular complexity index is 236. The van der Waals surface area contributed by atoms with Gasteiger partial charge in [0.25, 0.3) is 0 Å². The van der Waals surface area contributed by atoms with Crippen LogP contribution < -0.4 is 5.32 Å². The number of alkyl halides is 1. The standard InChI is InChI=1S/C11H20INO4/c1-3-16-11(15)9(2)13-7-4-5-10(14)17-8-6-12/h9,13H,3-8H2,1-2H3/t9-/m0/s1. The quantitative estimate of drug-likeness (QED) is 0.292. The van der Waals surface area contributed by atoms with Crippen molar-refractivity contribution in [2.24, 2.45) is 0 Å². The van der Waals surface area contributed by atoms with Crippen LogP contribution in [-0.4, -0.2) is 42.2 Å². The molecule has 0 aromatic heterocycles. The predicted octanol–water partition coefficient (Wildman–Crippen LogP) is 1.29. The van der Waals surface area contributed by atoms with Gasteiger partial charge in [-0.15, -0.1) is 0 Å². The van der Waals surface area contributed by atoms with Gasteiger partial charge < -0.3 is 14.8 Å². The number of carbonyl (C=O) groups excluding carboxylic acids is 2. The SMILES string of the molecule is CCOC(=O)[C@H](C)NCCCC(=O)OCCI. The van der Waals surface area contributed by atoms with E-state index in [1.54, 1.807) is 13.8 Å². The summed E-state index contributed by atoms with van der Waals surface area (Å²) < 4.78 is 10.6. The maximum atomic E-state index is 11.2. The molecule has 0 aliphatic carbocycles. The Morgan fingerprint density at radius 2 is 2.06 bits per heavy atom. The van der Waals surface area contributed by atoms with Gasteiger partial charge in [-0.1, -0.05) is 22.6 Å². The van der Waals surface area contributed by atoms with Crippen molar-refractivity contribution in [2.45, 2.75) is 32.7 Å². The zero-order valence-electron chi connectivity index (χ0n) is 10.3. The van der Waals surface area contributed by atoms with Crippen LogP contribution in [0.3, 0.4) is 0 Å². The molecule has 0 bridgehead atoms. The van der Waals surface area contributed by atoms with Crippen LogP contribution in [0.1, 0.15) is 26.7 Å². The van der Waals surface area contributed by atoms with E-state index in [9.17, 15) is 9.59 Å². The molecule has 0 radical (unpaired) electrons. The Hall–Kier alpha value is -0.370. The normalized spacial score (nSPS) is 11.9. The molecule has 0 saturated heterocycles. The number of rotatable bonds is 9. The molecule has 17 heavy (non-hydrogen) atoms. The predicted molar refractivity (Wildman–Crippen MR) is 73.2 cm³/mol. The van der Waals surface area contributed by atoms with E-state index in [-0.39, 0.29) is 18.0 Å². The lowest BCUT2D eigenvalue weighted by Crippen LogP contribution is -2.36. The molecule has 0 fully saturated rings. The molecule has 1 N–H and O–H groups in total. The fourth-order valence-corrected chi connectivity index (χ4v) is 1.35. The summed E-state index contributed by atoms with van der Waals surface area (Å²) in [6.07, 6.45) is 1.03. The van der Waals surface area contributed by atoms with Gasteiger partial charge in [0.05, 0.1) is 6.61 Å². The molecular weight excluding hydrogens is 337 g/mol. The first-order valence-corrected chi connectivity index (χ1v) is 7.26. The van der Waals surface area contributed by atoms with Crippen molar-refractivity contribution in [2.75, 3.05) is 24.2 Å². The third-order valence-corrected chi connectivity index (χ3v) is 2.43. The minimum atomic E-state index is -0.333. The largest absolute Gasteiger partial charge is 0.465 e. The first kappa shape index (κ1) is 16.6. The molecule has 0 aromatic carbocycles. The average molecular weight is 357 g/mol. The highest BCUT2D eigenvalue weighted by molar-refractivity contribution is 14.1. The number of carbonyl (C=O) groups is 2. The van der Waals surface area contributed by atoms with Crippen molar-refractivity contribution in [1.82, 2.24) is 5.32 Å². The second-order valence-corrected chi connectivity index (χ2v) is 4.52. The maximum absolute atomic E-state index is 11.2. The second kappa shape index (κ2) is 10.8. The molecule has 0 spiro atoms. The van der Waals surface area contributed by atoms with Crippen molar-refractivity contribution in [3.05, 3.63) is 0 Å². The van der Waals surface area contributed by atoms with Crippen molar-refractivity contribution in [3.63, 3.8) is 0 Å². The number of ether oxygens (including phenoxy) is 2. The molecule has 0 unspecified atom stereocenters. The van der Waals surface area contributed by atoms with Gasteiger partial charge >= 0.3 is 11.9 Å². The van der Waals surface area contributed by atoms with Gasteiger partial charge in [0.15, 0.2) is 0 Å². The van der Waals surface area contributed by atoms with Gasteiger partial charge in [0.1, 0.15) is 12.6 Å². The van der Waals surface area contributed by atoms with Gasteiger partial charge in [-0.25, -0.2) is 0 Å². The molecule has 6 heteroatoms. The molecule has 0 heterocycles. The molecule has 0 aromatic rings. The molecule has 0 aliphatic rings. The first-order chi connectivity index (χ1) is 8.11. The van der Waals surface area contributed by atoms with Gasteiger partial charge in [-0.05, 0) is 26.8 Å². The van der Waals surface area contributed by atoms with Crippen LogP contribution >= 0.6 is 22.6 Å². The summed E-state index contributed by atoms with van der Waals surface area (Å²) in [4.78, 5) is 22.4. The lowest BCUT2D eigenvalue weighted by atomic mass is 10.3. The van der Waals surface area contributed by atoms with Crippen molar-refractivity contribution < 1.29 is 19.1 Å². The number of esters is 2. The summed E-state index contributed by atoms with van der Waals surface area (Å²) in [7, 11) is 0. The Kier molecular flexibility index (Phi) is 10.5. The highest BCUT2D eigenvalue weighted by Gasteiger charge is 2.12. The van der Waals surface area contributed by atoms with E-state index in [0.717, 1.165) is 4.43 Å². The second-order valence-electron chi connectivity index (χ2n) is 3.44. The molecule has 0 saturated carbocycles. The van der Waals surface area contributed by atoms with E-state index in [1.165, 1.54) is 0 Å². The minimum Gasteiger partial charge on any atom is -0.465 e. The molecular formula is C11H20INO4. The first-order valence-electron chi connectivity index (χ1n) is 5.73. The van der Waals surface area contributed by atoms with Crippen LogP contribution in [0.2, 0.25) is 0 Å². The number of halogens is 1. The van der Waals surface area contributed by atoms with Crippen LogP contribution in [0.4, 0.5) is 0 Å². The van der Waals surface area contributed by atoms with E-state index in [2.05, 4.69) is 27.9 Å². The highest BCUT2D eigenvalue weighted by Crippen LogP contribution is 1.95. The summed E-state index contributed by atoms with van der Waals surface area (Å²) in [6, 6.07) is -0.333. The lowest BCUT2D eigenvalue weighted by molar-refractivity contribution is -0.145. The zero-order valence-corrected chi connectivity index (χ0v) is 12.5. The van der Waals surface area contributed by atoms with E-state index in [4.69, 9.17) is 9.47 Å². The van der Waals surface area contributed by atoms with E-state index < -0.39 is 0 Å². The molecule has 100 valence electrons. The molecule has 5 nitrogen and oxygen atoms in total. The molecule has 1 atom stereocenters. The summed E-state index contributed by atoms with van der Waals surface area (Å²) in [6.45, 7) is 4.96. The number of hydrogen-bond donors (Lipinski definition) is 1. The topological polar surface area (TPSA) is 64.6 Å². The number of nitrogens with one attached hydrogen (secondary N) is 1. The fraction of sp³-hybridized carbons (Fsp3) is 0.818. The summed E-state index contributed by atoms with van der Waals surface area (Å²) in [5.41, 5.74) is 0. The summed E-state index contributed by atoms with van der Waals surface area (Å²) >= 11 is 2.15. The fourth-order valence-electron chi connectivity index (χ4n) is 1.13. The van der Waals surface area contributed by atoms with E-state index >= 15 is 0 Å². The van der Waals surface area contributed by atoms with Gasteiger partial charge in [-0.2, -0.15) is 0 Å². The minimum absolute atomic E-state index is 0.188. The Morgan fingerprint density at radius 3 is 2.65 bits per heavy atom. The molecule has 0 aliphatic heterocycles. The van der Waals surface area contributed by atoms with Crippen molar-refractivity contribution >= 4 is 34.5 Å². The van der Waals surface area contributed by atoms with Crippen LogP contribution in [-0.2, 0) is 19.1 Å². The number of hydrogen-bond acceptors (Lipinski definition) is 5. The van der Waals surface area contributed by atoms with Crippen LogP contribution in [0.25, 0.3) is 0 Å². The Labute approximate surface area is 116 Å².